The Morgan fingerprint density at radius 2 is 1.58 bits per heavy atom. The zero-order chi connectivity index (χ0) is 22.5. The van der Waals surface area contributed by atoms with Crippen molar-refractivity contribution in [2.45, 2.75) is 52.4 Å². The zero-order valence-electron chi connectivity index (χ0n) is 19.0. The van der Waals surface area contributed by atoms with Crippen molar-refractivity contribution in [3.63, 3.8) is 0 Å². The third-order valence-corrected chi connectivity index (χ3v) is 6.46. The average Bonchev–Trinajstić information content (AvgIpc) is 2.79. The molecule has 3 rings (SSSR count). The molecule has 31 heavy (non-hydrogen) atoms. The molecule has 0 heterocycles. The number of carbonyl (C=O) groups is 2. The first kappa shape index (κ1) is 22.7. The number of ketones is 1. The molecule has 162 valence electrons. The van der Waals surface area contributed by atoms with Crippen LogP contribution in [-0.4, -0.2) is 18.4 Å². The fourth-order valence-corrected chi connectivity index (χ4v) is 4.54. The van der Waals surface area contributed by atoms with E-state index >= 15 is 0 Å². The van der Waals surface area contributed by atoms with Crippen LogP contribution in [0.4, 0.5) is 0 Å². The third kappa shape index (κ3) is 4.14. The number of hydrogen-bond acceptors (Lipinski definition) is 3. The highest BCUT2D eigenvalue weighted by atomic mass is 16.5. The van der Waals surface area contributed by atoms with Crippen LogP contribution in [0.3, 0.4) is 0 Å². The molecule has 0 bridgehead atoms. The van der Waals surface area contributed by atoms with Crippen molar-refractivity contribution in [3.8, 4) is 0 Å². The van der Waals surface area contributed by atoms with E-state index in [1.165, 1.54) is 0 Å². The second-order valence-corrected chi connectivity index (χ2v) is 8.44. The summed E-state index contributed by atoms with van der Waals surface area (Å²) in [5, 5.41) is 0. The van der Waals surface area contributed by atoms with Crippen molar-refractivity contribution in [1.82, 2.24) is 0 Å². The molecule has 0 spiro atoms. The van der Waals surface area contributed by atoms with E-state index in [9.17, 15) is 9.59 Å². The van der Waals surface area contributed by atoms with E-state index in [4.69, 9.17) is 4.74 Å². The van der Waals surface area contributed by atoms with E-state index in [1.807, 2.05) is 54.6 Å². The Morgan fingerprint density at radius 3 is 2.16 bits per heavy atom. The highest BCUT2D eigenvalue weighted by molar-refractivity contribution is 6.15. The molecule has 0 saturated carbocycles. The van der Waals surface area contributed by atoms with Gasteiger partial charge in [0.1, 0.15) is 5.41 Å². The quantitative estimate of drug-likeness (QED) is 0.393. The molecule has 0 radical (unpaired) electrons. The van der Waals surface area contributed by atoms with Crippen molar-refractivity contribution in [1.29, 1.82) is 0 Å². The molecule has 2 atom stereocenters. The zero-order valence-corrected chi connectivity index (χ0v) is 19.0. The molecule has 0 amide bonds. The number of esters is 1. The molecule has 0 aliphatic heterocycles. The van der Waals surface area contributed by atoms with E-state index in [0.717, 1.165) is 41.5 Å². The monoisotopic (exact) mass is 416 g/mol. The molecule has 3 heteroatoms. The van der Waals surface area contributed by atoms with Crippen molar-refractivity contribution in [2.75, 3.05) is 6.61 Å². The Balaban J connectivity index is 2.35. The van der Waals surface area contributed by atoms with Crippen molar-refractivity contribution in [2.24, 2.45) is 5.41 Å². The smallest absolute Gasteiger partial charge is 0.323 e. The summed E-state index contributed by atoms with van der Waals surface area (Å²) in [6.45, 7) is 8.01. The van der Waals surface area contributed by atoms with Gasteiger partial charge in [0, 0.05) is 5.41 Å². The largest absolute Gasteiger partial charge is 0.465 e. The first-order chi connectivity index (χ1) is 14.9. The van der Waals surface area contributed by atoms with Gasteiger partial charge in [0.05, 0.1) is 6.61 Å². The van der Waals surface area contributed by atoms with Crippen molar-refractivity contribution < 1.29 is 14.3 Å². The van der Waals surface area contributed by atoms with Gasteiger partial charge in [0.25, 0.3) is 0 Å². The topological polar surface area (TPSA) is 43.4 Å². The second kappa shape index (κ2) is 9.47. The van der Waals surface area contributed by atoms with E-state index in [2.05, 4.69) is 26.0 Å². The minimum atomic E-state index is -1.38. The fourth-order valence-electron chi connectivity index (χ4n) is 4.54. The summed E-state index contributed by atoms with van der Waals surface area (Å²) < 4.78 is 5.44. The Labute approximate surface area is 185 Å². The van der Waals surface area contributed by atoms with Gasteiger partial charge in [-0.1, -0.05) is 85.7 Å². The lowest BCUT2D eigenvalue weighted by Crippen LogP contribution is -2.49. The molecule has 0 N–H and O–H groups in total. The van der Waals surface area contributed by atoms with Gasteiger partial charge >= 0.3 is 5.97 Å². The number of unbranched alkanes of at least 4 members (excludes halogenated alkanes) is 1. The highest BCUT2D eigenvalue weighted by Gasteiger charge is 2.55. The first-order valence-electron chi connectivity index (χ1n) is 11.1. The summed E-state index contributed by atoms with van der Waals surface area (Å²) in [6.07, 6.45) is 6.54. The lowest BCUT2D eigenvalue weighted by atomic mass is 9.55. The summed E-state index contributed by atoms with van der Waals surface area (Å²) >= 11 is 0. The number of ether oxygens (including phenoxy) is 1. The number of allylic oxidation sites excluding steroid dienone is 2. The van der Waals surface area contributed by atoms with E-state index in [0.29, 0.717) is 0 Å². The Morgan fingerprint density at radius 1 is 0.968 bits per heavy atom. The molecule has 1 aliphatic carbocycles. The normalized spacial score (nSPS) is 24.7. The minimum absolute atomic E-state index is 0.201. The van der Waals surface area contributed by atoms with Crippen LogP contribution >= 0.6 is 0 Å². The Kier molecular flexibility index (Phi) is 6.94. The van der Waals surface area contributed by atoms with E-state index in [1.54, 1.807) is 19.9 Å². The van der Waals surface area contributed by atoms with Crippen LogP contribution in [0.25, 0.3) is 6.08 Å². The fraction of sp³-hybridized carbons (Fsp3) is 0.357. The first-order valence-corrected chi connectivity index (χ1v) is 11.1. The van der Waals surface area contributed by atoms with Crippen LogP contribution in [0.5, 0.6) is 0 Å². The van der Waals surface area contributed by atoms with Crippen LogP contribution in [0.2, 0.25) is 0 Å². The average molecular weight is 417 g/mol. The number of carbonyl (C=O) groups excluding carboxylic acids is 2. The summed E-state index contributed by atoms with van der Waals surface area (Å²) in [6, 6.07) is 20.1. The number of rotatable bonds is 7. The third-order valence-electron chi connectivity index (χ3n) is 6.46. The van der Waals surface area contributed by atoms with Crippen molar-refractivity contribution >= 4 is 17.8 Å². The van der Waals surface area contributed by atoms with Crippen LogP contribution in [0.15, 0.2) is 77.9 Å². The standard InChI is InChI=1S/C28H32O3/c1-5-7-16-23-20-25(29)28(4,26(30)31-6-2)24(19-21-14-10-8-11-15-21)27(23,3)22-17-12-9-13-18-22/h8-15,17-20H,5-7,16H2,1-4H3/b24-19-. The van der Waals surface area contributed by atoms with Crippen LogP contribution in [0, 0.1) is 5.41 Å². The van der Waals surface area contributed by atoms with Gasteiger partial charge in [-0.3, -0.25) is 9.59 Å². The lowest BCUT2D eigenvalue weighted by molar-refractivity contribution is -0.155. The molecular weight excluding hydrogens is 384 g/mol. The van der Waals surface area contributed by atoms with Gasteiger partial charge in [0.2, 0.25) is 0 Å². The second-order valence-electron chi connectivity index (χ2n) is 8.44. The van der Waals surface area contributed by atoms with Gasteiger partial charge in [-0.2, -0.15) is 0 Å². The molecule has 0 saturated heterocycles. The summed E-state index contributed by atoms with van der Waals surface area (Å²) in [4.78, 5) is 26.8. The Hall–Kier alpha value is -2.94. The SMILES string of the molecule is CCCCC1=CC(=O)C(C)(C(=O)OCC)/C(=C\c2ccccc2)C1(C)c1ccccc1. The van der Waals surface area contributed by atoms with Crippen LogP contribution in [0.1, 0.15) is 58.1 Å². The lowest BCUT2D eigenvalue weighted by Gasteiger charge is -2.46. The molecule has 3 nitrogen and oxygen atoms in total. The maximum Gasteiger partial charge on any atom is 0.323 e. The number of benzene rings is 2. The molecule has 2 unspecified atom stereocenters. The van der Waals surface area contributed by atoms with Gasteiger partial charge in [-0.25, -0.2) is 0 Å². The predicted molar refractivity (Wildman–Crippen MR) is 126 cm³/mol. The number of hydrogen-bond donors (Lipinski definition) is 0. The molecule has 1 aliphatic rings. The van der Waals surface area contributed by atoms with Crippen molar-refractivity contribution in [3.05, 3.63) is 89.0 Å². The van der Waals surface area contributed by atoms with Gasteiger partial charge < -0.3 is 4.74 Å². The van der Waals surface area contributed by atoms with Gasteiger partial charge in [0.15, 0.2) is 5.78 Å². The van der Waals surface area contributed by atoms with Gasteiger partial charge in [-0.05, 0) is 56.4 Å². The molecule has 0 aromatic heterocycles. The highest BCUT2D eigenvalue weighted by Crippen LogP contribution is 2.53. The predicted octanol–water partition coefficient (Wildman–Crippen LogP) is 6.30. The van der Waals surface area contributed by atoms with E-state index in [-0.39, 0.29) is 12.4 Å². The minimum Gasteiger partial charge on any atom is -0.465 e. The van der Waals surface area contributed by atoms with Crippen LogP contribution < -0.4 is 0 Å². The van der Waals surface area contributed by atoms with E-state index < -0.39 is 16.8 Å². The maximum absolute atomic E-state index is 13.5. The van der Waals surface area contributed by atoms with Gasteiger partial charge in [-0.15, -0.1) is 0 Å². The summed E-state index contributed by atoms with van der Waals surface area (Å²) in [7, 11) is 0. The Bertz CT molecular complexity index is 987. The summed E-state index contributed by atoms with van der Waals surface area (Å²) in [5.74, 6) is -0.692. The molecule has 2 aromatic rings. The molecular formula is C28H32O3. The molecule has 2 aromatic carbocycles. The maximum atomic E-state index is 13.5. The summed E-state index contributed by atoms with van der Waals surface area (Å²) in [5.41, 5.74) is 1.87. The van der Waals surface area contributed by atoms with Crippen LogP contribution in [-0.2, 0) is 19.7 Å². The molecule has 0 fully saturated rings.